The summed E-state index contributed by atoms with van der Waals surface area (Å²) >= 11 is 0. The molecule has 2 aliphatic rings. The molecule has 0 saturated heterocycles. The van der Waals surface area contributed by atoms with E-state index in [0.717, 1.165) is 22.7 Å². The number of fused-ring (bicyclic) bond motifs is 1. The van der Waals surface area contributed by atoms with Crippen molar-refractivity contribution >= 4 is 17.5 Å². The van der Waals surface area contributed by atoms with Gasteiger partial charge in [0.2, 0.25) is 5.91 Å². The van der Waals surface area contributed by atoms with Crippen LogP contribution in [0.5, 0.6) is 5.75 Å². The zero-order valence-corrected chi connectivity index (χ0v) is 13.0. The van der Waals surface area contributed by atoms with E-state index in [1.807, 2.05) is 42.5 Å². The fraction of sp³-hybridized carbons (Fsp3) is 0.222. The fourth-order valence-corrected chi connectivity index (χ4v) is 2.84. The highest BCUT2D eigenvalue weighted by atomic mass is 16.5. The number of benzene rings is 1. The predicted molar refractivity (Wildman–Crippen MR) is 90.1 cm³/mol. The maximum absolute atomic E-state index is 12.5. The Morgan fingerprint density at radius 3 is 2.88 bits per heavy atom. The highest BCUT2D eigenvalue weighted by Gasteiger charge is 2.27. The Hall–Kier alpha value is -3.02. The van der Waals surface area contributed by atoms with Gasteiger partial charge in [0.15, 0.2) is 0 Å². The number of nitrogens with zero attached hydrogens (tertiary/aromatic N) is 3. The Bertz CT molecular complexity index is 830. The Balaban J connectivity index is 1.37. The molecule has 2 aromatic rings. The number of carbonyl (C=O) groups excluding carboxylic acids is 1. The second-order valence-electron chi connectivity index (χ2n) is 5.79. The number of aromatic nitrogens is 1. The smallest absolute Gasteiger partial charge is 0.232 e. The number of rotatable bonds is 2. The lowest BCUT2D eigenvalue weighted by Gasteiger charge is -2.24. The molecule has 6 heteroatoms. The summed E-state index contributed by atoms with van der Waals surface area (Å²) < 4.78 is 5.67. The molecule has 0 spiro atoms. The van der Waals surface area contributed by atoms with Crippen molar-refractivity contribution in [3.05, 3.63) is 59.9 Å². The van der Waals surface area contributed by atoms with Gasteiger partial charge in [-0.15, -0.1) is 5.10 Å². The van der Waals surface area contributed by atoms with Gasteiger partial charge >= 0.3 is 0 Å². The zero-order chi connectivity index (χ0) is 16.4. The van der Waals surface area contributed by atoms with Crippen LogP contribution in [-0.4, -0.2) is 29.0 Å². The molecular weight excluding hydrogens is 304 g/mol. The summed E-state index contributed by atoms with van der Waals surface area (Å²) in [6, 6.07) is 13.4. The SMILES string of the molecule is O=C(NC1=NN=C(c2ccccn2)C1)C1COc2ccccc2C1. The molecule has 4 rings (SSSR count). The third kappa shape index (κ3) is 2.90. The van der Waals surface area contributed by atoms with Gasteiger partial charge in [-0.1, -0.05) is 24.3 Å². The highest BCUT2D eigenvalue weighted by molar-refractivity contribution is 6.16. The summed E-state index contributed by atoms with van der Waals surface area (Å²) in [7, 11) is 0. The average Bonchev–Trinajstić information content (AvgIpc) is 3.10. The van der Waals surface area contributed by atoms with Gasteiger partial charge < -0.3 is 10.1 Å². The minimum absolute atomic E-state index is 0.0827. The van der Waals surface area contributed by atoms with Crippen LogP contribution in [0.1, 0.15) is 17.7 Å². The van der Waals surface area contributed by atoms with E-state index >= 15 is 0 Å². The maximum Gasteiger partial charge on any atom is 0.232 e. The molecule has 1 aromatic carbocycles. The molecule has 120 valence electrons. The van der Waals surface area contributed by atoms with E-state index in [1.54, 1.807) is 6.20 Å². The number of amides is 1. The van der Waals surface area contributed by atoms with E-state index in [9.17, 15) is 4.79 Å². The molecule has 0 aliphatic carbocycles. The van der Waals surface area contributed by atoms with Crippen molar-refractivity contribution in [3.63, 3.8) is 0 Å². The molecule has 3 heterocycles. The van der Waals surface area contributed by atoms with Gasteiger partial charge in [0.05, 0.1) is 23.7 Å². The van der Waals surface area contributed by atoms with E-state index in [-0.39, 0.29) is 11.8 Å². The molecule has 6 nitrogen and oxygen atoms in total. The summed E-state index contributed by atoms with van der Waals surface area (Å²) in [6.07, 6.45) is 2.86. The number of hydrogen-bond acceptors (Lipinski definition) is 5. The lowest BCUT2D eigenvalue weighted by molar-refractivity contribution is -0.124. The second-order valence-corrected chi connectivity index (χ2v) is 5.79. The first-order chi connectivity index (χ1) is 11.8. The van der Waals surface area contributed by atoms with Crippen LogP contribution in [0, 0.1) is 5.92 Å². The van der Waals surface area contributed by atoms with E-state index in [0.29, 0.717) is 25.3 Å². The Morgan fingerprint density at radius 2 is 2.00 bits per heavy atom. The van der Waals surface area contributed by atoms with Crippen LogP contribution in [0.4, 0.5) is 0 Å². The lowest BCUT2D eigenvalue weighted by atomic mass is 9.96. The van der Waals surface area contributed by atoms with Gasteiger partial charge in [-0.2, -0.15) is 5.10 Å². The number of nitrogens with one attached hydrogen (secondary N) is 1. The molecule has 0 fully saturated rings. The van der Waals surface area contributed by atoms with Crippen molar-refractivity contribution in [2.24, 2.45) is 16.1 Å². The molecule has 2 aliphatic heterocycles. The fourth-order valence-electron chi connectivity index (χ4n) is 2.84. The zero-order valence-electron chi connectivity index (χ0n) is 13.0. The van der Waals surface area contributed by atoms with E-state index < -0.39 is 0 Å². The number of amidine groups is 1. The second kappa shape index (κ2) is 6.23. The quantitative estimate of drug-likeness (QED) is 0.919. The van der Waals surface area contributed by atoms with Crippen LogP contribution < -0.4 is 10.1 Å². The van der Waals surface area contributed by atoms with Gasteiger partial charge in [-0.3, -0.25) is 9.78 Å². The van der Waals surface area contributed by atoms with E-state index in [1.165, 1.54) is 0 Å². The van der Waals surface area contributed by atoms with Crippen molar-refractivity contribution in [1.29, 1.82) is 0 Å². The summed E-state index contributed by atoms with van der Waals surface area (Å²) in [6.45, 7) is 0.379. The minimum Gasteiger partial charge on any atom is -0.492 e. The molecule has 1 amide bonds. The average molecular weight is 320 g/mol. The van der Waals surface area contributed by atoms with Crippen LogP contribution in [-0.2, 0) is 11.2 Å². The first kappa shape index (κ1) is 14.6. The number of pyridine rings is 1. The Morgan fingerprint density at radius 1 is 1.12 bits per heavy atom. The first-order valence-electron chi connectivity index (χ1n) is 7.86. The van der Waals surface area contributed by atoms with Crippen molar-refractivity contribution < 1.29 is 9.53 Å². The van der Waals surface area contributed by atoms with Crippen molar-refractivity contribution in [2.45, 2.75) is 12.8 Å². The maximum atomic E-state index is 12.5. The summed E-state index contributed by atoms with van der Waals surface area (Å²) in [4.78, 5) is 16.7. The summed E-state index contributed by atoms with van der Waals surface area (Å²) in [5.41, 5.74) is 2.60. The third-order valence-electron chi connectivity index (χ3n) is 4.10. The largest absolute Gasteiger partial charge is 0.492 e. The van der Waals surface area contributed by atoms with Crippen LogP contribution in [0.3, 0.4) is 0 Å². The molecule has 1 N–H and O–H groups in total. The number of carbonyl (C=O) groups is 1. The van der Waals surface area contributed by atoms with Crippen LogP contribution in [0.15, 0.2) is 58.9 Å². The molecule has 24 heavy (non-hydrogen) atoms. The van der Waals surface area contributed by atoms with Gasteiger partial charge in [0, 0.05) is 6.20 Å². The van der Waals surface area contributed by atoms with Crippen molar-refractivity contribution in [2.75, 3.05) is 6.61 Å². The molecule has 0 saturated carbocycles. The van der Waals surface area contributed by atoms with Gasteiger partial charge in [0.1, 0.15) is 18.2 Å². The van der Waals surface area contributed by atoms with Gasteiger partial charge in [0.25, 0.3) is 0 Å². The normalized spacial score (nSPS) is 18.9. The topological polar surface area (TPSA) is 75.9 Å². The first-order valence-corrected chi connectivity index (χ1v) is 7.86. The number of hydrogen-bond donors (Lipinski definition) is 1. The number of ether oxygens (including phenoxy) is 1. The predicted octanol–water partition coefficient (Wildman–Crippen LogP) is 1.96. The molecule has 1 atom stereocenters. The Labute approximate surface area is 139 Å². The monoisotopic (exact) mass is 320 g/mol. The van der Waals surface area contributed by atoms with Crippen LogP contribution in [0.25, 0.3) is 0 Å². The van der Waals surface area contributed by atoms with Crippen LogP contribution in [0.2, 0.25) is 0 Å². The highest BCUT2D eigenvalue weighted by Crippen LogP contribution is 2.26. The van der Waals surface area contributed by atoms with Crippen molar-refractivity contribution in [1.82, 2.24) is 10.3 Å². The summed E-state index contributed by atoms with van der Waals surface area (Å²) in [5, 5.41) is 11.0. The van der Waals surface area contributed by atoms with E-state index in [2.05, 4.69) is 20.5 Å². The minimum atomic E-state index is -0.221. The third-order valence-corrected chi connectivity index (χ3v) is 4.10. The van der Waals surface area contributed by atoms with E-state index in [4.69, 9.17) is 4.74 Å². The van der Waals surface area contributed by atoms with Crippen molar-refractivity contribution in [3.8, 4) is 5.75 Å². The molecule has 0 bridgehead atoms. The lowest BCUT2D eigenvalue weighted by Crippen LogP contribution is -2.40. The molecule has 1 unspecified atom stereocenters. The standard InChI is InChI=1S/C18H16N4O2/c23-18(13-9-12-5-1-2-7-16(12)24-11-13)20-17-10-15(21-22-17)14-6-3-4-8-19-14/h1-8,13H,9-11H2,(H,20,22,23). The van der Waals surface area contributed by atoms with Gasteiger partial charge in [-0.05, 0) is 30.2 Å². The van der Waals surface area contributed by atoms with Gasteiger partial charge in [-0.25, -0.2) is 0 Å². The number of para-hydroxylation sites is 1. The summed E-state index contributed by atoms with van der Waals surface area (Å²) in [5.74, 6) is 1.11. The molecule has 0 radical (unpaired) electrons. The molecule has 1 aromatic heterocycles. The Kier molecular flexibility index (Phi) is 3.78. The molecular formula is C18H16N4O2. The van der Waals surface area contributed by atoms with Crippen LogP contribution >= 0.6 is 0 Å².